The van der Waals surface area contributed by atoms with Gasteiger partial charge in [-0.25, -0.2) is 0 Å². The fourth-order valence-corrected chi connectivity index (χ4v) is 7.67. The third-order valence-corrected chi connectivity index (χ3v) is 8.59. The first-order valence-electron chi connectivity index (χ1n) is 8.62. The van der Waals surface area contributed by atoms with Crippen LogP contribution in [0.5, 0.6) is 0 Å². The van der Waals surface area contributed by atoms with Gasteiger partial charge in [-0.15, -0.1) is 23.5 Å². The predicted molar refractivity (Wildman–Crippen MR) is 93.3 cm³/mol. The van der Waals surface area contributed by atoms with Gasteiger partial charge in [0.05, 0.1) is 6.10 Å². The number of hydrogen-bond acceptors (Lipinski definition) is 5. The first kappa shape index (κ1) is 17.1. The van der Waals surface area contributed by atoms with Gasteiger partial charge in [0.15, 0.2) is 11.6 Å². The monoisotopic (exact) mass is 344 g/mol. The molecule has 0 radical (unpaired) electrons. The van der Waals surface area contributed by atoms with Gasteiger partial charge < -0.3 is 9.47 Å². The van der Waals surface area contributed by atoms with Gasteiger partial charge in [-0.3, -0.25) is 4.79 Å². The molecule has 0 N–H and O–H groups in total. The van der Waals surface area contributed by atoms with Crippen LogP contribution in [0.3, 0.4) is 0 Å². The highest BCUT2D eigenvalue weighted by Crippen LogP contribution is 2.54. The highest BCUT2D eigenvalue weighted by molar-refractivity contribution is 8.20. The van der Waals surface area contributed by atoms with E-state index in [1.165, 1.54) is 38.5 Å². The van der Waals surface area contributed by atoms with Crippen molar-refractivity contribution in [3.8, 4) is 0 Å². The molecule has 126 valence electrons. The molecule has 0 bridgehead atoms. The zero-order chi connectivity index (χ0) is 15.8. The average Bonchev–Trinajstić information content (AvgIpc) is 2.81. The van der Waals surface area contributed by atoms with Gasteiger partial charge >= 0.3 is 0 Å². The maximum Gasteiger partial charge on any atom is 0.190 e. The van der Waals surface area contributed by atoms with Gasteiger partial charge in [-0.2, -0.15) is 0 Å². The van der Waals surface area contributed by atoms with Crippen molar-refractivity contribution in [2.75, 3.05) is 11.5 Å². The van der Waals surface area contributed by atoms with Gasteiger partial charge in [0.25, 0.3) is 0 Å². The second-order valence-corrected chi connectivity index (χ2v) is 10.1. The topological polar surface area (TPSA) is 35.5 Å². The van der Waals surface area contributed by atoms with Crippen LogP contribution in [-0.4, -0.2) is 39.4 Å². The standard InChI is InChI=1S/C17H28O3S2/c1-12-14(20-16(2,3)19-12)15(18)17(21-10-7-11-22-17)13-8-5-4-6-9-13/h12-14H,4-11H2,1-3H3/t12-,14+/m1/s1. The smallest absolute Gasteiger partial charge is 0.190 e. The lowest BCUT2D eigenvalue weighted by molar-refractivity contribution is -0.155. The fraction of sp³-hybridized carbons (Fsp3) is 0.941. The number of ketones is 1. The number of Topliss-reactive ketones (excluding diaryl/α,β-unsaturated/α-hetero) is 1. The molecule has 0 spiro atoms. The minimum atomic E-state index is -0.641. The van der Waals surface area contributed by atoms with Gasteiger partial charge in [-0.05, 0) is 57.5 Å². The van der Waals surface area contributed by atoms with E-state index in [2.05, 4.69) is 0 Å². The molecule has 5 heteroatoms. The molecule has 3 fully saturated rings. The molecule has 3 nitrogen and oxygen atoms in total. The Bertz CT molecular complexity index is 412. The van der Waals surface area contributed by atoms with E-state index in [9.17, 15) is 4.79 Å². The summed E-state index contributed by atoms with van der Waals surface area (Å²) >= 11 is 3.78. The molecule has 0 aromatic carbocycles. The fourth-order valence-electron chi connectivity index (χ4n) is 4.01. The van der Waals surface area contributed by atoms with E-state index in [4.69, 9.17) is 9.47 Å². The Hall–Kier alpha value is 0.290. The molecule has 2 saturated heterocycles. The van der Waals surface area contributed by atoms with Crippen LogP contribution in [0.1, 0.15) is 59.3 Å². The molecule has 0 aromatic rings. The molecule has 1 saturated carbocycles. The summed E-state index contributed by atoms with van der Waals surface area (Å²) in [5.74, 6) is 2.34. The summed E-state index contributed by atoms with van der Waals surface area (Å²) in [7, 11) is 0. The van der Waals surface area contributed by atoms with E-state index in [0.29, 0.717) is 5.92 Å². The molecule has 2 aliphatic heterocycles. The molecule has 0 aromatic heterocycles. The Morgan fingerprint density at radius 1 is 1.00 bits per heavy atom. The summed E-state index contributed by atoms with van der Waals surface area (Å²) in [4.78, 5) is 13.5. The first-order chi connectivity index (χ1) is 10.4. The lowest BCUT2D eigenvalue weighted by Gasteiger charge is -2.44. The molecular weight excluding hydrogens is 316 g/mol. The maximum atomic E-state index is 13.5. The minimum Gasteiger partial charge on any atom is -0.344 e. The Balaban J connectivity index is 1.84. The van der Waals surface area contributed by atoms with Crippen molar-refractivity contribution in [2.45, 2.75) is 81.4 Å². The number of carbonyl (C=O) groups is 1. The molecule has 1 aliphatic carbocycles. The van der Waals surface area contributed by atoms with Gasteiger partial charge in [0.2, 0.25) is 0 Å². The second kappa shape index (κ2) is 6.66. The van der Waals surface area contributed by atoms with Crippen LogP contribution < -0.4 is 0 Å². The summed E-state index contributed by atoms with van der Waals surface area (Å²) in [6.07, 6.45) is 6.89. The van der Waals surface area contributed by atoms with Crippen molar-refractivity contribution in [1.29, 1.82) is 0 Å². The Morgan fingerprint density at radius 3 is 2.18 bits per heavy atom. The zero-order valence-electron chi connectivity index (χ0n) is 13.9. The van der Waals surface area contributed by atoms with Crippen molar-refractivity contribution in [1.82, 2.24) is 0 Å². The SMILES string of the molecule is C[C@H]1OC(C)(C)O[C@@H]1C(=O)C1(C2CCCCC2)SCCCS1. The summed E-state index contributed by atoms with van der Waals surface area (Å²) in [6.45, 7) is 5.79. The third kappa shape index (κ3) is 3.24. The number of rotatable bonds is 3. The number of hydrogen-bond donors (Lipinski definition) is 0. The van der Waals surface area contributed by atoms with E-state index in [1.807, 2.05) is 44.3 Å². The van der Waals surface area contributed by atoms with Crippen LogP contribution in [-0.2, 0) is 14.3 Å². The largest absolute Gasteiger partial charge is 0.344 e. The molecule has 2 heterocycles. The highest BCUT2D eigenvalue weighted by atomic mass is 32.2. The van der Waals surface area contributed by atoms with Crippen LogP contribution in [0, 0.1) is 5.92 Å². The molecule has 3 rings (SSSR count). The quantitative estimate of drug-likeness (QED) is 0.765. The van der Waals surface area contributed by atoms with Crippen molar-refractivity contribution in [3.05, 3.63) is 0 Å². The number of carbonyl (C=O) groups excluding carboxylic acids is 1. The Morgan fingerprint density at radius 2 is 1.64 bits per heavy atom. The van der Waals surface area contributed by atoms with Crippen molar-refractivity contribution >= 4 is 29.3 Å². The normalized spacial score (nSPS) is 35.4. The summed E-state index contributed by atoms with van der Waals surface area (Å²) in [6, 6.07) is 0. The van der Waals surface area contributed by atoms with Crippen LogP contribution in [0.4, 0.5) is 0 Å². The third-order valence-electron chi connectivity index (χ3n) is 4.97. The second-order valence-electron chi connectivity index (χ2n) is 7.18. The Labute approximate surface area is 142 Å². The van der Waals surface area contributed by atoms with Crippen LogP contribution in [0.2, 0.25) is 0 Å². The summed E-state index contributed by atoms with van der Waals surface area (Å²) < 4.78 is 11.5. The van der Waals surface area contributed by atoms with Crippen molar-refractivity contribution < 1.29 is 14.3 Å². The predicted octanol–water partition coefficient (Wildman–Crippen LogP) is 4.24. The van der Waals surface area contributed by atoms with E-state index in [-0.39, 0.29) is 16.0 Å². The van der Waals surface area contributed by atoms with Gasteiger partial charge in [0, 0.05) is 0 Å². The lowest BCUT2D eigenvalue weighted by atomic mass is 9.83. The van der Waals surface area contributed by atoms with Crippen LogP contribution >= 0.6 is 23.5 Å². The zero-order valence-corrected chi connectivity index (χ0v) is 15.6. The minimum absolute atomic E-state index is 0.147. The Kier molecular flexibility index (Phi) is 5.18. The molecule has 2 atom stereocenters. The lowest BCUT2D eigenvalue weighted by Crippen LogP contribution is -2.50. The van der Waals surface area contributed by atoms with Crippen LogP contribution in [0.25, 0.3) is 0 Å². The van der Waals surface area contributed by atoms with E-state index in [0.717, 1.165) is 11.5 Å². The number of ether oxygens (including phenoxy) is 2. The summed E-state index contributed by atoms with van der Waals surface area (Å²) in [5, 5.41) is 0. The van der Waals surface area contributed by atoms with E-state index >= 15 is 0 Å². The first-order valence-corrected chi connectivity index (χ1v) is 10.6. The van der Waals surface area contributed by atoms with E-state index < -0.39 is 11.9 Å². The van der Waals surface area contributed by atoms with Crippen LogP contribution in [0.15, 0.2) is 0 Å². The van der Waals surface area contributed by atoms with Gasteiger partial charge in [-0.1, -0.05) is 19.3 Å². The molecular formula is C17H28O3S2. The summed E-state index contributed by atoms with van der Waals surface area (Å²) in [5.41, 5.74) is 0. The number of thioether (sulfide) groups is 2. The molecule has 3 aliphatic rings. The van der Waals surface area contributed by atoms with E-state index in [1.54, 1.807) is 0 Å². The molecule has 22 heavy (non-hydrogen) atoms. The molecule has 0 amide bonds. The van der Waals surface area contributed by atoms with Crippen molar-refractivity contribution in [2.24, 2.45) is 5.92 Å². The molecule has 0 unspecified atom stereocenters. The van der Waals surface area contributed by atoms with Crippen molar-refractivity contribution in [3.63, 3.8) is 0 Å². The average molecular weight is 345 g/mol. The van der Waals surface area contributed by atoms with Gasteiger partial charge in [0.1, 0.15) is 10.2 Å². The highest BCUT2D eigenvalue weighted by Gasteiger charge is 2.54. The maximum absolute atomic E-state index is 13.5.